The number of carbonyl (C=O) groups is 1. The van der Waals surface area contributed by atoms with Crippen LogP contribution < -0.4 is 5.73 Å². The minimum atomic E-state index is -0.396. The van der Waals surface area contributed by atoms with Crippen LogP contribution in [0.4, 0.5) is 0 Å². The largest absolute Gasteiger partial charge is 0.469 e. The lowest BCUT2D eigenvalue weighted by Gasteiger charge is -2.11. The predicted octanol–water partition coefficient (Wildman–Crippen LogP) is 2.67. The van der Waals surface area contributed by atoms with Gasteiger partial charge in [-0.15, -0.1) is 0 Å². The van der Waals surface area contributed by atoms with Gasteiger partial charge in [0, 0.05) is 15.5 Å². The molecule has 0 unspecified atom stereocenters. The fourth-order valence-corrected chi connectivity index (χ4v) is 2.06. The van der Waals surface area contributed by atoms with Crippen molar-refractivity contribution < 1.29 is 9.53 Å². The predicted molar refractivity (Wildman–Crippen MR) is 62.7 cm³/mol. The second-order valence-electron chi connectivity index (χ2n) is 3.09. The molecule has 0 aromatic heterocycles. The monoisotopic (exact) mass is 291 g/mol. The molecule has 0 radical (unpaired) electrons. The van der Waals surface area contributed by atoms with E-state index in [2.05, 4.69) is 20.7 Å². The molecule has 1 aromatic carbocycles. The number of carbonyl (C=O) groups excluding carboxylic acids is 1. The van der Waals surface area contributed by atoms with Gasteiger partial charge in [-0.1, -0.05) is 27.5 Å². The summed E-state index contributed by atoms with van der Waals surface area (Å²) < 4.78 is 5.38. The lowest BCUT2D eigenvalue weighted by molar-refractivity contribution is -0.141. The van der Waals surface area contributed by atoms with E-state index in [0.29, 0.717) is 5.02 Å². The average molecular weight is 293 g/mol. The summed E-state index contributed by atoms with van der Waals surface area (Å²) >= 11 is 9.17. The minimum Gasteiger partial charge on any atom is -0.469 e. The number of rotatable bonds is 3. The maximum Gasteiger partial charge on any atom is 0.307 e. The Morgan fingerprint density at radius 1 is 1.60 bits per heavy atom. The van der Waals surface area contributed by atoms with E-state index in [0.717, 1.165) is 10.0 Å². The molecule has 0 heterocycles. The third-order valence-electron chi connectivity index (χ3n) is 1.93. The number of hydrogen-bond donors (Lipinski definition) is 1. The molecular weight excluding hydrogens is 281 g/mol. The molecule has 0 spiro atoms. The van der Waals surface area contributed by atoms with Gasteiger partial charge in [-0.2, -0.15) is 0 Å². The quantitative estimate of drug-likeness (QED) is 0.871. The molecule has 0 bridgehead atoms. The molecule has 1 atom stereocenters. The summed E-state index contributed by atoms with van der Waals surface area (Å²) in [5, 5.41) is 0.583. The topological polar surface area (TPSA) is 52.3 Å². The van der Waals surface area contributed by atoms with Crippen molar-refractivity contribution in [2.24, 2.45) is 5.73 Å². The van der Waals surface area contributed by atoms with Gasteiger partial charge in [0.05, 0.1) is 13.5 Å². The van der Waals surface area contributed by atoms with Crippen LogP contribution in [0.5, 0.6) is 0 Å². The Balaban J connectivity index is 2.81. The van der Waals surface area contributed by atoms with Crippen molar-refractivity contribution in [1.29, 1.82) is 0 Å². The van der Waals surface area contributed by atoms with Crippen LogP contribution >= 0.6 is 27.5 Å². The Kier molecular flexibility index (Phi) is 4.57. The van der Waals surface area contributed by atoms with Crippen LogP contribution in [0.15, 0.2) is 22.7 Å². The summed E-state index contributed by atoms with van der Waals surface area (Å²) in [6.45, 7) is 0. The molecule has 0 aliphatic rings. The van der Waals surface area contributed by atoms with E-state index in [-0.39, 0.29) is 12.4 Å². The molecule has 82 valence electrons. The van der Waals surface area contributed by atoms with Crippen LogP contribution in [-0.4, -0.2) is 13.1 Å². The lowest BCUT2D eigenvalue weighted by atomic mass is 10.1. The van der Waals surface area contributed by atoms with E-state index in [1.165, 1.54) is 7.11 Å². The van der Waals surface area contributed by atoms with Crippen LogP contribution in [0.1, 0.15) is 18.0 Å². The molecule has 0 aliphatic carbocycles. The summed E-state index contributed by atoms with van der Waals surface area (Å²) in [7, 11) is 1.34. The van der Waals surface area contributed by atoms with E-state index in [9.17, 15) is 4.79 Å². The maximum atomic E-state index is 11.0. The highest BCUT2D eigenvalue weighted by Gasteiger charge is 2.12. The van der Waals surface area contributed by atoms with Crippen LogP contribution in [0.2, 0.25) is 5.02 Å². The number of ether oxygens (including phenoxy) is 1. The number of nitrogens with two attached hydrogens (primary N) is 1. The Bertz CT molecular complexity index is 350. The van der Waals surface area contributed by atoms with Crippen molar-refractivity contribution in [2.75, 3.05) is 7.11 Å². The second kappa shape index (κ2) is 5.49. The summed E-state index contributed by atoms with van der Waals surface area (Å²) in [4.78, 5) is 11.0. The third kappa shape index (κ3) is 3.81. The third-order valence-corrected chi connectivity index (χ3v) is 2.60. The molecule has 0 saturated carbocycles. The first-order valence-electron chi connectivity index (χ1n) is 4.31. The van der Waals surface area contributed by atoms with E-state index >= 15 is 0 Å². The van der Waals surface area contributed by atoms with Crippen molar-refractivity contribution in [3.05, 3.63) is 33.3 Å². The summed E-state index contributed by atoms with van der Waals surface area (Å²) in [5.74, 6) is -0.335. The SMILES string of the molecule is COC(=O)C[C@H](N)c1cc(Cl)cc(Br)c1. The highest BCUT2D eigenvalue weighted by Crippen LogP contribution is 2.24. The van der Waals surface area contributed by atoms with Gasteiger partial charge in [0.25, 0.3) is 0 Å². The highest BCUT2D eigenvalue weighted by molar-refractivity contribution is 9.10. The van der Waals surface area contributed by atoms with Gasteiger partial charge in [0.1, 0.15) is 0 Å². The summed E-state index contributed by atoms with van der Waals surface area (Å²) in [6.07, 6.45) is 0.142. The number of methoxy groups -OCH3 is 1. The Morgan fingerprint density at radius 2 is 2.27 bits per heavy atom. The number of esters is 1. The van der Waals surface area contributed by atoms with Gasteiger partial charge in [0.15, 0.2) is 0 Å². The molecule has 1 rings (SSSR count). The van der Waals surface area contributed by atoms with Crippen molar-refractivity contribution in [3.8, 4) is 0 Å². The van der Waals surface area contributed by atoms with Crippen LogP contribution in [0, 0.1) is 0 Å². The van der Waals surface area contributed by atoms with Crippen molar-refractivity contribution in [2.45, 2.75) is 12.5 Å². The van der Waals surface area contributed by atoms with Gasteiger partial charge < -0.3 is 10.5 Å². The number of benzene rings is 1. The summed E-state index contributed by atoms with van der Waals surface area (Å²) in [5.41, 5.74) is 6.63. The Morgan fingerprint density at radius 3 is 2.80 bits per heavy atom. The van der Waals surface area contributed by atoms with Gasteiger partial charge in [0.2, 0.25) is 0 Å². The first-order chi connectivity index (χ1) is 7.02. The van der Waals surface area contributed by atoms with E-state index < -0.39 is 6.04 Å². The Hall–Kier alpha value is -0.580. The van der Waals surface area contributed by atoms with Crippen LogP contribution in [0.3, 0.4) is 0 Å². The molecular formula is C10H11BrClNO2. The average Bonchev–Trinajstić information content (AvgIpc) is 2.16. The van der Waals surface area contributed by atoms with Crippen LogP contribution in [0.25, 0.3) is 0 Å². The van der Waals surface area contributed by atoms with Crippen molar-refractivity contribution in [1.82, 2.24) is 0 Å². The van der Waals surface area contributed by atoms with E-state index in [4.69, 9.17) is 17.3 Å². The van der Waals surface area contributed by atoms with Crippen molar-refractivity contribution >= 4 is 33.5 Å². The lowest BCUT2D eigenvalue weighted by Crippen LogP contribution is -2.16. The Labute approximate surface area is 102 Å². The van der Waals surface area contributed by atoms with Gasteiger partial charge in [-0.05, 0) is 23.8 Å². The molecule has 3 nitrogen and oxygen atoms in total. The zero-order valence-corrected chi connectivity index (χ0v) is 10.5. The number of halogens is 2. The minimum absolute atomic E-state index is 0.142. The molecule has 0 aliphatic heterocycles. The zero-order valence-electron chi connectivity index (χ0n) is 8.17. The van der Waals surface area contributed by atoms with E-state index in [1.54, 1.807) is 12.1 Å². The normalized spacial score (nSPS) is 12.3. The standard InChI is InChI=1S/C10H11BrClNO2/c1-15-10(14)5-9(13)6-2-7(11)4-8(12)3-6/h2-4,9H,5,13H2,1H3/t9-/m0/s1. The highest BCUT2D eigenvalue weighted by atomic mass is 79.9. The first kappa shape index (κ1) is 12.5. The van der Waals surface area contributed by atoms with Gasteiger partial charge in [-0.3, -0.25) is 4.79 Å². The molecule has 5 heteroatoms. The fraction of sp³-hybridized carbons (Fsp3) is 0.300. The first-order valence-corrected chi connectivity index (χ1v) is 5.48. The second-order valence-corrected chi connectivity index (χ2v) is 4.44. The smallest absolute Gasteiger partial charge is 0.307 e. The van der Waals surface area contributed by atoms with Crippen LogP contribution in [-0.2, 0) is 9.53 Å². The molecule has 15 heavy (non-hydrogen) atoms. The summed E-state index contributed by atoms with van der Waals surface area (Å²) in [6, 6.07) is 4.93. The molecule has 2 N–H and O–H groups in total. The van der Waals surface area contributed by atoms with Gasteiger partial charge in [-0.25, -0.2) is 0 Å². The molecule has 0 amide bonds. The zero-order chi connectivity index (χ0) is 11.4. The number of hydrogen-bond acceptors (Lipinski definition) is 3. The molecule has 0 fully saturated rings. The van der Waals surface area contributed by atoms with E-state index in [1.807, 2.05) is 6.07 Å². The van der Waals surface area contributed by atoms with Crippen molar-refractivity contribution in [3.63, 3.8) is 0 Å². The maximum absolute atomic E-state index is 11.0. The molecule has 0 saturated heterocycles. The van der Waals surface area contributed by atoms with Gasteiger partial charge >= 0.3 is 5.97 Å². The fourth-order valence-electron chi connectivity index (χ4n) is 1.17. The molecule has 1 aromatic rings.